The molecule has 1 N–H and O–H groups in total. The van der Waals surface area contributed by atoms with E-state index in [2.05, 4.69) is 5.32 Å². The maximum Gasteiger partial charge on any atom is 0.265 e. The predicted molar refractivity (Wildman–Crippen MR) is 91.6 cm³/mol. The normalized spacial score (nSPS) is 11.5. The summed E-state index contributed by atoms with van der Waals surface area (Å²) in [6, 6.07) is 13.3. The summed E-state index contributed by atoms with van der Waals surface area (Å²) < 4.78 is 5.58. The molecule has 0 bridgehead atoms. The van der Waals surface area contributed by atoms with Gasteiger partial charge in [-0.15, -0.1) is 0 Å². The van der Waals surface area contributed by atoms with Gasteiger partial charge in [-0.2, -0.15) is 0 Å². The number of nitrogens with one attached hydrogen (secondary N) is 1. The summed E-state index contributed by atoms with van der Waals surface area (Å²) in [5.41, 5.74) is 1.69. The number of benzene rings is 2. The average molecular weight is 325 g/mol. The van der Waals surface area contributed by atoms with E-state index < -0.39 is 6.10 Å². The van der Waals surface area contributed by atoms with E-state index >= 15 is 0 Å². The number of hydrogen-bond acceptors (Lipinski definition) is 4. The van der Waals surface area contributed by atoms with Crippen LogP contribution in [0.5, 0.6) is 5.75 Å². The molecule has 2 rings (SSSR count). The molecule has 2 aromatic carbocycles. The van der Waals surface area contributed by atoms with Gasteiger partial charge in [0.25, 0.3) is 5.91 Å². The largest absolute Gasteiger partial charge is 0.481 e. The van der Waals surface area contributed by atoms with Gasteiger partial charge in [-0.05, 0) is 57.2 Å². The second-order valence-corrected chi connectivity index (χ2v) is 5.47. The SMILES string of the molecule is CC(=O)c1ccc(NC(=O)[C@H](C)Oc2cccc(C(C)=O)c2)cc1. The lowest BCUT2D eigenvalue weighted by atomic mass is 10.1. The van der Waals surface area contributed by atoms with Crippen molar-refractivity contribution < 1.29 is 19.1 Å². The molecule has 5 nitrogen and oxygen atoms in total. The highest BCUT2D eigenvalue weighted by atomic mass is 16.5. The zero-order chi connectivity index (χ0) is 17.7. The van der Waals surface area contributed by atoms with E-state index in [-0.39, 0.29) is 17.5 Å². The first-order valence-corrected chi connectivity index (χ1v) is 7.56. The van der Waals surface area contributed by atoms with Gasteiger partial charge in [-0.3, -0.25) is 14.4 Å². The summed E-state index contributed by atoms with van der Waals surface area (Å²) in [4.78, 5) is 34.8. The number of Topliss-reactive ketones (excluding diaryl/α,β-unsaturated/α-hetero) is 2. The molecule has 24 heavy (non-hydrogen) atoms. The molecule has 0 unspecified atom stereocenters. The van der Waals surface area contributed by atoms with E-state index in [1.807, 2.05) is 0 Å². The van der Waals surface area contributed by atoms with Crippen LogP contribution in [0.4, 0.5) is 5.69 Å². The Labute approximate surface area is 140 Å². The van der Waals surface area contributed by atoms with Gasteiger partial charge in [0, 0.05) is 16.8 Å². The molecule has 0 fully saturated rings. The Hall–Kier alpha value is -2.95. The summed E-state index contributed by atoms with van der Waals surface area (Å²) in [5, 5.41) is 2.72. The minimum atomic E-state index is -0.736. The van der Waals surface area contributed by atoms with Gasteiger partial charge in [0.2, 0.25) is 0 Å². The summed E-state index contributed by atoms with van der Waals surface area (Å²) in [7, 11) is 0. The topological polar surface area (TPSA) is 72.5 Å². The number of ether oxygens (including phenoxy) is 1. The van der Waals surface area contributed by atoms with Crippen molar-refractivity contribution in [2.24, 2.45) is 0 Å². The molecule has 0 saturated carbocycles. The Morgan fingerprint density at radius 2 is 1.54 bits per heavy atom. The average Bonchev–Trinajstić information content (AvgIpc) is 2.55. The van der Waals surface area contributed by atoms with Gasteiger partial charge >= 0.3 is 0 Å². The number of hydrogen-bond donors (Lipinski definition) is 1. The summed E-state index contributed by atoms with van der Waals surface area (Å²) in [5.74, 6) is 0.0362. The maximum absolute atomic E-state index is 12.2. The van der Waals surface area contributed by atoms with Crippen LogP contribution in [0.15, 0.2) is 48.5 Å². The first-order chi connectivity index (χ1) is 11.4. The van der Waals surface area contributed by atoms with Crippen molar-refractivity contribution in [2.75, 3.05) is 5.32 Å². The Morgan fingerprint density at radius 1 is 0.917 bits per heavy atom. The van der Waals surface area contributed by atoms with Crippen molar-refractivity contribution in [2.45, 2.75) is 26.9 Å². The van der Waals surface area contributed by atoms with E-state index in [0.717, 1.165) is 0 Å². The molecule has 0 aliphatic carbocycles. The Kier molecular flexibility index (Phi) is 5.47. The van der Waals surface area contributed by atoms with Crippen molar-refractivity contribution in [3.63, 3.8) is 0 Å². The smallest absolute Gasteiger partial charge is 0.265 e. The molecule has 0 aliphatic rings. The van der Waals surface area contributed by atoms with Crippen LogP contribution in [0.1, 0.15) is 41.5 Å². The van der Waals surface area contributed by atoms with Crippen LogP contribution < -0.4 is 10.1 Å². The first kappa shape index (κ1) is 17.4. The molecular formula is C19H19NO4. The Morgan fingerprint density at radius 3 is 2.12 bits per heavy atom. The molecule has 124 valence electrons. The van der Waals surface area contributed by atoms with Crippen LogP contribution in [-0.2, 0) is 4.79 Å². The fourth-order valence-corrected chi connectivity index (χ4v) is 2.08. The van der Waals surface area contributed by atoms with E-state index in [0.29, 0.717) is 22.6 Å². The second-order valence-electron chi connectivity index (χ2n) is 5.47. The van der Waals surface area contributed by atoms with Gasteiger partial charge in [0.05, 0.1) is 0 Å². The number of anilines is 1. The number of amides is 1. The van der Waals surface area contributed by atoms with Crippen molar-refractivity contribution in [3.05, 3.63) is 59.7 Å². The number of carbonyl (C=O) groups excluding carboxylic acids is 3. The van der Waals surface area contributed by atoms with Crippen molar-refractivity contribution >= 4 is 23.2 Å². The van der Waals surface area contributed by atoms with Gasteiger partial charge in [-0.1, -0.05) is 12.1 Å². The number of carbonyl (C=O) groups is 3. The fourth-order valence-electron chi connectivity index (χ4n) is 2.08. The zero-order valence-electron chi connectivity index (χ0n) is 13.8. The maximum atomic E-state index is 12.2. The minimum Gasteiger partial charge on any atom is -0.481 e. The van der Waals surface area contributed by atoms with Crippen LogP contribution in [-0.4, -0.2) is 23.6 Å². The van der Waals surface area contributed by atoms with Crippen molar-refractivity contribution in [1.82, 2.24) is 0 Å². The van der Waals surface area contributed by atoms with Gasteiger partial charge < -0.3 is 10.1 Å². The van der Waals surface area contributed by atoms with Crippen LogP contribution >= 0.6 is 0 Å². The molecule has 0 aromatic heterocycles. The van der Waals surface area contributed by atoms with Gasteiger partial charge in [0.1, 0.15) is 5.75 Å². The molecule has 1 atom stereocenters. The van der Waals surface area contributed by atoms with Crippen molar-refractivity contribution in [1.29, 1.82) is 0 Å². The molecule has 0 spiro atoms. The van der Waals surface area contributed by atoms with E-state index in [9.17, 15) is 14.4 Å². The Bertz CT molecular complexity index is 765. The van der Waals surface area contributed by atoms with Crippen LogP contribution in [0.25, 0.3) is 0 Å². The molecular weight excluding hydrogens is 306 g/mol. The van der Waals surface area contributed by atoms with Gasteiger partial charge in [-0.25, -0.2) is 0 Å². The molecule has 0 radical (unpaired) electrons. The molecule has 2 aromatic rings. The zero-order valence-corrected chi connectivity index (χ0v) is 13.8. The third kappa shape index (κ3) is 4.52. The fraction of sp³-hybridized carbons (Fsp3) is 0.211. The first-order valence-electron chi connectivity index (χ1n) is 7.56. The van der Waals surface area contributed by atoms with E-state index in [1.54, 1.807) is 55.5 Å². The lowest BCUT2D eigenvalue weighted by molar-refractivity contribution is -0.122. The standard InChI is InChI=1S/C19H19NO4/c1-12(21)15-7-9-17(10-8-15)20-19(23)14(3)24-18-6-4-5-16(11-18)13(2)22/h4-11,14H,1-3H3,(H,20,23)/t14-/m0/s1. The summed E-state index contributed by atoms with van der Waals surface area (Å²) >= 11 is 0. The third-order valence-corrected chi connectivity index (χ3v) is 3.48. The summed E-state index contributed by atoms with van der Waals surface area (Å²) in [6.45, 7) is 4.58. The molecule has 0 heterocycles. The van der Waals surface area contributed by atoms with Crippen molar-refractivity contribution in [3.8, 4) is 5.75 Å². The highest BCUT2D eigenvalue weighted by Crippen LogP contribution is 2.16. The quantitative estimate of drug-likeness (QED) is 0.825. The summed E-state index contributed by atoms with van der Waals surface area (Å²) in [6.07, 6.45) is -0.736. The lowest BCUT2D eigenvalue weighted by Crippen LogP contribution is -2.30. The minimum absolute atomic E-state index is 0.0325. The number of ketones is 2. The van der Waals surface area contributed by atoms with Crippen LogP contribution in [0.3, 0.4) is 0 Å². The van der Waals surface area contributed by atoms with Crippen LogP contribution in [0.2, 0.25) is 0 Å². The third-order valence-electron chi connectivity index (χ3n) is 3.48. The molecule has 0 saturated heterocycles. The molecule has 1 amide bonds. The molecule has 0 aliphatic heterocycles. The second kappa shape index (κ2) is 7.55. The van der Waals surface area contributed by atoms with E-state index in [1.165, 1.54) is 13.8 Å². The van der Waals surface area contributed by atoms with Crippen LogP contribution in [0, 0.1) is 0 Å². The lowest BCUT2D eigenvalue weighted by Gasteiger charge is -2.15. The van der Waals surface area contributed by atoms with E-state index in [4.69, 9.17) is 4.74 Å². The monoisotopic (exact) mass is 325 g/mol. The highest BCUT2D eigenvalue weighted by Gasteiger charge is 2.15. The Balaban J connectivity index is 2.00. The number of rotatable bonds is 6. The predicted octanol–water partition coefficient (Wildman–Crippen LogP) is 3.50. The highest BCUT2D eigenvalue weighted by molar-refractivity contribution is 5.97. The van der Waals surface area contributed by atoms with Gasteiger partial charge in [0.15, 0.2) is 17.7 Å². The molecule has 5 heteroatoms.